The van der Waals surface area contributed by atoms with Gasteiger partial charge in [-0.15, -0.1) is 11.3 Å². The Kier molecular flexibility index (Phi) is 1.14. The van der Waals surface area contributed by atoms with Gasteiger partial charge < -0.3 is 0 Å². The van der Waals surface area contributed by atoms with E-state index < -0.39 is 0 Å². The Bertz CT molecular complexity index is 302. The monoisotopic (exact) mass is 153 g/mol. The van der Waals surface area contributed by atoms with E-state index in [1.54, 1.807) is 6.21 Å². The highest BCUT2D eigenvalue weighted by atomic mass is 32.1. The maximum atomic E-state index is 11.0. The number of aliphatic imine (C=N–C) groups is 1. The Morgan fingerprint density at radius 1 is 1.70 bits per heavy atom. The molecule has 0 saturated carbocycles. The second-order valence-electron chi connectivity index (χ2n) is 2.00. The highest BCUT2D eigenvalue weighted by Gasteiger charge is 2.21. The van der Waals surface area contributed by atoms with Gasteiger partial charge in [-0.05, 0) is 5.38 Å². The molecule has 10 heavy (non-hydrogen) atoms. The van der Waals surface area contributed by atoms with Crippen LogP contribution in [0.1, 0.15) is 4.88 Å². The first-order chi connectivity index (χ1) is 4.88. The fraction of sp³-hybridized carbons (Fsp3) is 0.167. The SMILES string of the molecule is O=[N+]1CN=Cc2sccc21. The van der Waals surface area contributed by atoms with Gasteiger partial charge in [0.25, 0.3) is 12.4 Å². The summed E-state index contributed by atoms with van der Waals surface area (Å²) in [6.45, 7) is 0.240. The number of fused-ring (bicyclic) bond motifs is 1. The lowest BCUT2D eigenvalue weighted by atomic mass is 10.4. The largest absolute Gasteiger partial charge is 0.290 e. The summed E-state index contributed by atoms with van der Waals surface area (Å²) in [4.78, 5) is 15.8. The molecule has 1 aliphatic heterocycles. The summed E-state index contributed by atoms with van der Waals surface area (Å²) in [6, 6.07) is 1.82. The van der Waals surface area contributed by atoms with E-state index in [1.807, 2.05) is 11.4 Å². The van der Waals surface area contributed by atoms with Gasteiger partial charge >= 0.3 is 0 Å². The van der Waals surface area contributed by atoms with Crippen LogP contribution in [0.3, 0.4) is 0 Å². The zero-order valence-corrected chi connectivity index (χ0v) is 5.97. The van der Waals surface area contributed by atoms with E-state index in [1.165, 1.54) is 11.3 Å². The van der Waals surface area contributed by atoms with Crippen LogP contribution in [0, 0.1) is 4.91 Å². The fourth-order valence-corrected chi connectivity index (χ4v) is 1.66. The number of nitrogens with zero attached hydrogens (tertiary/aromatic N) is 2. The summed E-state index contributed by atoms with van der Waals surface area (Å²) in [6.07, 6.45) is 1.74. The van der Waals surface area contributed by atoms with Crippen molar-refractivity contribution in [3.8, 4) is 0 Å². The van der Waals surface area contributed by atoms with Crippen LogP contribution in [0.4, 0.5) is 5.69 Å². The molecule has 0 atom stereocenters. The summed E-state index contributed by atoms with van der Waals surface area (Å²) in [7, 11) is 0. The molecule has 1 aromatic rings. The first-order valence-corrected chi connectivity index (χ1v) is 3.78. The van der Waals surface area contributed by atoms with E-state index in [-0.39, 0.29) is 6.67 Å². The summed E-state index contributed by atoms with van der Waals surface area (Å²) in [5.74, 6) is 0. The summed E-state index contributed by atoms with van der Waals surface area (Å²) in [5, 5.41) is 1.90. The van der Waals surface area contributed by atoms with Gasteiger partial charge in [-0.25, -0.2) is 4.99 Å². The van der Waals surface area contributed by atoms with Gasteiger partial charge in [-0.2, -0.15) is 0 Å². The minimum Gasteiger partial charge on any atom is -0.223 e. The van der Waals surface area contributed by atoms with E-state index in [9.17, 15) is 4.91 Å². The molecule has 3 nitrogen and oxygen atoms in total. The van der Waals surface area contributed by atoms with Crippen molar-refractivity contribution in [1.29, 1.82) is 0 Å². The number of rotatable bonds is 0. The third-order valence-corrected chi connectivity index (χ3v) is 2.20. The normalized spacial score (nSPS) is 15.4. The van der Waals surface area contributed by atoms with Crippen molar-refractivity contribution in [3.63, 3.8) is 0 Å². The molecule has 1 aliphatic rings. The Morgan fingerprint density at radius 3 is 3.40 bits per heavy atom. The lowest BCUT2D eigenvalue weighted by Crippen LogP contribution is -2.05. The average Bonchev–Trinajstić information content (AvgIpc) is 2.36. The van der Waals surface area contributed by atoms with Crippen molar-refractivity contribution >= 4 is 23.2 Å². The summed E-state index contributed by atoms with van der Waals surface area (Å²) >= 11 is 1.54. The molecule has 4 heteroatoms. The predicted octanol–water partition coefficient (Wildman–Crippen LogP) is 1.55. The zero-order valence-electron chi connectivity index (χ0n) is 5.15. The third kappa shape index (κ3) is 0.690. The molecule has 0 aliphatic carbocycles. The maximum absolute atomic E-state index is 11.0. The lowest BCUT2D eigenvalue weighted by molar-refractivity contribution is -0.461. The molecule has 0 spiro atoms. The smallest absolute Gasteiger partial charge is 0.223 e. The lowest BCUT2D eigenvalue weighted by Gasteiger charge is -1.92. The zero-order chi connectivity index (χ0) is 6.97. The van der Waals surface area contributed by atoms with Crippen molar-refractivity contribution in [3.05, 3.63) is 21.2 Å². The molecule has 50 valence electrons. The molecule has 0 unspecified atom stereocenters. The van der Waals surface area contributed by atoms with Crippen molar-refractivity contribution in [2.75, 3.05) is 6.67 Å². The van der Waals surface area contributed by atoms with E-state index in [2.05, 4.69) is 4.99 Å². The van der Waals surface area contributed by atoms with E-state index in [4.69, 9.17) is 0 Å². The van der Waals surface area contributed by atoms with E-state index in [0.29, 0.717) is 0 Å². The van der Waals surface area contributed by atoms with Crippen LogP contribution >= 0.6 is 11.3 Å². The topological polar surface area (TPSA) is 32.4 Å². The van der Waals surface area contributed by atoms with Crippen LogP contribution in [0.5, 0.6) is 0 Å². The van der Waals surface area contributed by atoms with Crippen LogP contribution in [-0.4, -0.2) is 17.6 Å². The molecule has 0 saturated heterocycles. The van der Waals surface area contributed by atoms with Crippen molar-refractivity contribution in [1.82, 2.24) is 0 Å². The molecular formula is C6H5N2OS+. The molecule has 2 heterocycles. The average molecular weight is 153 g/mol. The van der Waals surface area contributed by atoms with Gasteiger partial charge in [-0.1, -0.05) is 0 Å². The Morgan fingerprint density at radius 2 is 2.60 bits per heavy atom. The van der Waals surface area contributed by atoms with Crippen LogP contribution in [0.2, 0.25) is 0 Å². The number of nitroso groups, excluding NO2 is 1. The van der Waals surface area contributed by atoms with Crippen LogP contribution < -0.4 is 0 Å². The third-order valence-electron chi connectivity index (χ3n) is 1.36. The minimum atomic E-state index is 0.240. The van der Waals surface area contributed by atoms with E-state index in [0.717, 1.165) is 15.3 Å². The predicted molar refractivity (Wildman–Crippen MR) is 40.1 cm³/mol. The van der Waals surface area contributed by atoms with Gasteiger partial charge in [0.2, 0.25) is 0 Å². The van der Waals surface area contributed by atoms with Gasteiger partial charge in [0, 0.05) is 11.0 Å². The van der Waals surface area contributed by atoms with Crippen molar-refractivity contribution in [2.24, 2.45) is 4.99 Å². The molecule has 0 aromatic carbocycles. The molecule has 0 bridgehead atoms. The highest BCUT2D eigenvalue weighted by molar-refractivity contribution is 7.12. The molecule has 0 amide bonds. The van der Waals surface area contributed by atoms with Crippen molar-refractivity contribution in [2.45, 2.75) is 0 Å². The van der Waals surface area contributed by atoms with Gasteiger partial charge in [-0.3, -0.25) is 0 Å². The van der Waals surface area contributed by atoms with Gasteiger partial charge in [0.15, 0.2) is 0 Å². The first-order valence-electron chi connectivity index (χ1n) is 2.90. The van der Waals surface area contributed by atoms with Crippen molar-refractivity contribution < 1.29 is 4.76 Å². The van der Waals surface area contributed by atoms with Gasteiger partial charge in [0.1, 0.15) is 4.88 Å². The molecule has 0 fully saturated rings. The second-order valence-corrected chi connectivity index (χ2v) is 2.95. The Balaban J connectivity index is 2.62. The number of thiophene rings is 1. The second kappa shape index (κ2) is 1.98. The quantitative estimate of drug-likeness (QED) is 0.520. The van der Waals surface area contributed by atoms with Crippen LogP contribution in [0.15, 0.2) is 16.4 Å². The van der Waals surface area contributed by atoms with Crippen LogP contribution in [-0.2, 0) is 0 Å². The number of hydrogen-bond acceptors (Lipinski definition) is 3. The molecule has 2 rings (SSSR count). The number of hydrogen-bond donors (Lipinski definition) is 0. The molecule has 0 radical (unpaired) electrons. The minimum absolute atomic E-state index is 0.240. The standard InChI is InChI=1S/C6H5N2OS/c9-8-4-7-3-6-5(8)1-2-10-6/h1-3H,4H2/q+1. The van der Waals surface area contributed by atoms with Crippen LogP contribution in [0.25, 0.3) is 0 Å². The molecule has 0 N–H and O–H groups in total. The molecule has 1 aromatic heterocycles. The fourth-order valence-electron chi connectivity index (χ4n) is 0.891. The first kappa shape index (κ1) is 5.73. The van der Waals surface area contributed by atoms with E-state index >= 15 is 0 Å². The van der Waals surface area contributed by atoms with Gasteiger partial charge in [0.05, 0.1) is 11.0 Å². The highest BCUT2D eigenvalue weighted by Crippen LogP contribution is 2.24. The molecular weight excluding hydrogens is 148 g/mol. The Hall–Kier alpha value is -1.03. The Labute approximate surface area is 61.6 Å². The maximum Gasteiger partial charge on any atom is 0.290 e. The summed E-state index contributed by atoms with van der Waals surface area (Å²) < 4.78 is 0.895. The summed E-state index contributed by atoms with van der Waals surface area (Å²) in [5.41, 5.74) is 0.750.